The first kappa shape index (κ1) is 21.0. The summed E-state index contributed by atoms with van der Waals surface area (Å²) in [5.41, 5.74) is -1.25. The Hall–Kier alpha value is -4.68. The summed E-state index contributed by atoms with van der Waals surface area (Å²) in [6.07, 6.45) is 3.00. The number of nitro benzene ring substituents is 2. The molecule has 2 aromatic heterocycles. The molecule has 0 fully saturated rings. The molecule has 1 aromatic carbocycles. The smallest absolute Gasteiger partial charge is 0.277 e. The van der Waals surface area contributed by atoms with Gasteiger partial charge >= 0.3 is 0 Å². The predicted molar refractivity (Wildman–Crippen MR) is 110 cm³/mol. The summed E-state index contributed by atoms with van der Waals surface area (Å²) < 4.78 is 0. The highest BCUT2D eigenvalue weighted by Crippen LogP contribution is 2.22. The van der Waals surface area contributed by atoms with E-state index >= 15 is 0 Å². The fraction of sp³-hybridized carbons (Fsp3) is 0.111. The van der Waals surface area contributed by atoms with Gasteiger partial charge in [-0.15, -0.1) is 0 Å². The molecule has 158 valence electrons. The second-order valence-corrected chi connectivity index (χ2v) is 6.06. The Morgan fingerprint density at radius 2 is 1.58 bits per heavy atom. The molecule has 13 nitrogen and oxygen atoms in total. The maximum absolute atomic E-state index is 12.2. The van der Waals surface area contributed by atoms with Crippen molar-refractivity contribution >= 4 is 34.7 Å². The van der Waals surface area contributed by atoms with Gasteiger partial charge < -0.3 is 16.0 Å². The number of nitro groups is 2. The first-order chi connectivity index (χ1) is 14.9. The molecule has 0 aliphatic rings. The second-order valence-electron chi connectivity index (χ2n) is 6.06. The molecule has 0 spiro atoms. The summed E-state index contributed by atoms with van der Waals surface area (Å²) in [6, 6.07) is 9.81. The number of nitrogens with one attached hydrogen (secondary N) is 3. The molecule has 1 amide bonds. The third-order valence-electron chi connectivity index (χ3n) is 3.89. The van der Waals surface area contributed by atoms with Gasteiger partial charge in [0, 0.05) is 37.5 Å². The van der Waals surface area contributed by atoms with Crippen molar-refractivity contribution < 1.29 is 14.6 Å². The summed E-state index contributed by atoms with van der Waals surface area (Å²) in [5, 5.41) is 30.4. The zero-order valence-corrected chi connectivity index (χ0v) is 15.9. The van der Waals surface area contributed by atoms with E-state index in [0.29, 0.717) is 17.5 Å². The van der Waals surface area contributed by atoms with Crippen molar-refractivity contribution in [3.8, 4) is 0 Å². The molecule has 0 aliphatic heterocycles. The van der Waals surface area contributed by atoms with Crippen molar-refractivity contribution in [2.24, 2.45) is 0 Å². The molecule has 0 radical (unpaired) electrons. The van der Waals surface area contributed by atoms with Gasteiger partial charge in [-0.3, -0.25) is 25.0 Å². The number of nitrogens with zero attached hydrogens (tertiary/aromatic N) is 5. The maximum Gasteiger partial charge on any atom is 0.277 e. The summed E-state index contributed by atoms with van der Waals surface area (Å²) >= 11 is 0. The van der Waals surface area contributed by atoms with Crippen molar-refractivity contribution in [1.29, 1.82) is 0 Å². The van der Waals surface area contributed by atoms with Gasteiger partial charge in [-0.25, -0.2) is 15.0 Å². The van der Waals surface area contributed by atoms with Gasteiger partial charge in [0.1, 0.15) is 23.8 Å². The Balaban J connectivity index is 1.55. The number of aromatic nitrogens is 3. The van der Waals surface area contributed by atoms with E-state index < -0.39 is 27.1 Å². The number of pyridine rings is 1. The molecular formula is C18H16N8O5. The minimum absolute atomic E-state index is 0.141. The van der Waals surface area contributed by atoms with Gasteiger partial charge in [0.25, 0.3) is 17.3 Å². The lowest BCUT2D eigenvalue weighted by atomic mass is 10.1. The molecule has 0 atom stereocenters. The van der Waals surface area contributed by atoms with Crippen molar-refractivity contribution in [2.45, 2.75) is 0 Å². The average Bonchev–Trinajstić information content (AvgIpc) is 2.77. The van der Waals surface area contributed by atoms with Gasteiger partial charge in [0.2, 0.25) is 0 Å². The normalized spacial score (nSPS) is 10.2. The number of non-ortho nitro benzene ring substituents is 2. The Morgan fingerprint density at radius 1 is 0.871 bits per heavy atom. The molecule has 0 bridgehead atoms. The predicted octanol–water partition coefficient (Wildman–Crippen LogP) is 2.27. The number of anilines is 3. The maximum atomic E-state index is 12.2. The number of benzene rings is 1. The Bertz CT molecular complexity index is 1080. The van der Waals surface area contributed by atoms with E-state index in [1.807, 2.05) is 6.07 Å². The summed E-state index contributed by atoms with van der Waals surface area (Å²) in [5.74, 6) is 0.956. The van der Waals surface area contributed by atoms with Crippen LogP contribution in [-0.4, -0.2) is 43.8 Å². The van der Waals surface area contributed by atoms with Crippen LogP contribution in [0.5, 0.6) is 0 Å². The molecule has 31 heavy (non-hydrogen) atoms. The third-order valence-corrected chi connectivity index (χ3v) is 3.89. The highest BCUT2D eigenvalue weighted by atomic mass is 16.6. The third kappa shape index (κ3) is 5.90. The van der Waals surface area contributed by atoms with E-state index in [2.05, 4.69) is 30.9 Å². The number of carbonyl (C=O) groups excluding carboxylic acids is 1. The van der Waals surface area contributed by atoms with Crippen LogP contribution < -0.4 is 16.0 Å². The first-order valence-electron chi connectivity index (χ1n) is 8.88. The first-order valence-corrected chi connectivity index (χ1v) is 8.88. The molecule has 0 aliphatic carbocycles. The van der Waals surface area contributed by atoms with Crippen LogP contribution in [0.15, 0.2) is 55.0 Å². The Labute approximate surface area is 174 Å². The van der Waals surface area contributed by atoms with Gasteiger partial charge in [-0.1, -0.05) is 6.07 Å². The van der Waals surface area contributed by atoms with Crippen LogP contribution in [0.4, 0.5) is 28.8 Å². The summed E-state index contributed by atoms with van der Waals surface area (Å²) in [4.78, 5) is 44.8. The van der Waals surface area contributed by atoms with Gasteiger partial charge in [0.05, 0.1) is 21.5 Å². The minimum atomic E-state index is -0.795. The number of amides is 1. The monoisotopic (exact) mass is 424 g/mol. The quantitative estimate of drug-likeness (QED) is 0.262. The van der Waals surface area contributed by atoms with Crippen molar-refractivity contribution in [1.82, 2.24) is 20.3 Å². The van der Waals surface area contributed by atoms with E-state index in [-0.39, 0.29) is 18.7 Å². The number of hydrogen-bond donors (Lipinski definition) is 3. The zero-order valence-electron chi connectivity index (χ0n) is 15.9. The largest absolute Gasteiger partial charge is 0.368 e. The van der Waals surface area contributed by atoms with Crippen LogP contribution >= 0.6 is 0 Å². The zero-order chi connectivity index (χ0) is 22.2. The van der Waals surface area contributed by atoms with Crippen molar-refractivity contribution in [3.05, 3.63) is 80.8 Å². The molecule has 13 heteroatoms. The number of carbonyl (C=O) groups is 1. The fourth-order valence-corrected chi connectivity index (χ4v) is 2.50. The van der Waals surface area contributed by atoms with Crippen LogP contribution in [0.3, 0.4) is 0 Å². The molecule has 0 saturated heterocycles. The Morgan fingerprint density at radius 3 is 2.23 bits per heavy atom. The van der Waals surface area contributed by atoms with E-state index in [9.17, 15) is 25.0 Å². The molecule has 3 N–H and O–H groups in total. The lowest BCUT2D eigenvalue weighted by Crippen LogP contribution is -2.29. The second kappa shape index (κ2) is 9.69. The van der Waals surface area contributed by atoms with E-state index in [4.69, 9.17) is 0 Å². The SMILES string of the molecule is O=C(NCCNc1cc(Nc2ccccn2)ncn1)c1cc([N+](=O)[O-])cc([N+](=O)[O-])c1. The molecule has 0 saturated carbocycles. The van der Waals surface area contributed by atoms with Crippen molar-refractivity contribution in [2.75, 3.05) is 23.7 Å². The van der Waals surface area contributed by atoms with Crippen LogP contribution in [0, 0.1) is 20.2 Å². The molecule has 0 unspecified atom stereocenters. The standard InChI is InChI=1S/C18H16N8O5/c27-18(12-7-13(25(28)29)9-14(8-12)26(30)31)21-6-5-20-16-10-17(23-11-22-16)24-15-3-1-2-4-19-15/h1-4,7-11H,5-6H2,(H,21,27)(H2,19,20,22,23,24). The number of hydrogen-bond acceptors (Lipinski definition) is 10. The van der Waals surface area contributed by atoms with Crippen LogP contribution in [0.1, 0.15) is 10.4 Å². The van der Waals surface area contributed by atoms with Gasteiger partial charge in [0.15, 0.2) is 0 Å². The summed E-state index contributed by atoms with van der Waals surface area (Å²) in [7, 11) is 0. The topological polar surface area (TPSA) is 178 Å². The Kier molecular flexibility index (Phi) is 6.57. The van der Waals surface area contributed by atoms with Crippen LogP contribution in [0.2, 0.25) is 0 Å². The fourth-order valence-electron chi connectivity index (χ4n) is 2.50. The lowest BCUT2D eigenvalue weighted by molar-refractivity contribution is -0.394. The molecule has 3 aromatic rings. The molecule has 3 rings (SSSR count). The highest BCUT2D eigenvalue weighted by Gasteiger charge is 2.19. The number of rotatable bonds is 9. The van der Waals surface area contributed by atoms with E-state index in [1.165, 1.54) is 6.33 Å². The average molecular weight is 424 g/mol. The van der Waals surface area contributed by atoms with Crippen LogP contribution in [0.25, 0.3) is 0 Å². The molecule has 2 heterocycles. The van der Waals surface area contributed by atoms with E-state index in [0.717, 1.165) is 18.2 Å². The summed E-state index contributed by atoms with van der Waals surface area (Å²) in [6.45, 7) is 0.422. The van der Waals surface area contributed by atoms with Crippen LogP contribution in [-0.2, 0) is 0 Å². The van der Waals surface area contributed by atoms with Gasteiger partial charge in [-0.05, 0) is 12.1 Å². The van der Waals surface area contributed by atoms with Crippen molar-refractivity contribution in [3.63, 3.8) is 0 Å². The highest BCUT2D eigenvalue weighted by molar-refractivity contribution is 5.95. The lowest BCUT2D eigenvalue weighted by Gasteiger charge is -2.09. The minimum Gasteiger partial charge on any atom is -0.368 e. The van der Waals surface area contributed by atoms with Gasteiger partial charge in [-0.2, -0.15) is 0 Å². The van der Waals surface area contributed by atoms with E-state index in [1.54, 1.807) is 24.4 Å². The molecular weight excluding hydrogens is 408 g/mol.